The van der Waals surface area contributed by atoms with E-state index in [0.717, 1.165) is 76.7 Å². The summed E-state index contributed by atoms with van der Waals surface area (Å²) in [4.78, 5) is 63.6. The van der Waals surface area contributed by atoms with Gasteiger partial charge in [0.1, 0.15) is 40.9 Å². The molecule has 0 saturated carbocycles. The third-order valence-electron chi connectivity index (χ3n) is 19.8. The van der Waals surface area contributed by atoms with Crippen molar-refractivity contribution in [3.63, 3.8) is 0 Å². The van der Waals surface area contributed by atoms with Gasteiger partial charge in [-0.05, 0) is 197 Å². The molecule has 0 aliphatic carbocycles. The molecule has 0 spiro atoms. The second-order valence-electron chi connectivity index (χ2n) is 26.6. The first-order valence-electron chi connectivity index (χ1n) is 35.2. The maximum absolute atomic E-state index is 14.5. The number of hydrogen-bond donors (Lipinski definition) is 4. The number of carbonyl (C=O) groups excluding carboxylic acids is 3. The van der Waals surface area contributed by atoms with Crippen LogP contribution in [0.25, 0.3) is 21.8 Å². The second-order valence-corrected chi connectivity index (χ2v) is 33.4. The molecule has 0 unspecified atom stereocenters. The summed E-state index contributed by atoms with van der Waals surface area (Å²) in [6.45, 7) is 12.6. The summed E-state index contributed by atoms with van der Waals surface area (Å²) in [7, 11) is -11.2. The lowest BCUT2D eigenvalue weighted by atomic mass is 9.89. The van der Waals surface area contributed by atoms with Crippen molar-refractivity contribution in [3.05, 3.63) is 222 Å². The van der Waals surface area contributed by atoms with E-state index in [1.54, 1.807) is 89.8 Å². The zero-order valence-corrected chi connectivity index (χ0v) is 64.3. The Bertz CT molecular complexity index is 5280. The number of sulfonamides is 3. The van der Waals surface area contributed by atoms with E-state index >= 15 is 0 Å². The van der Waals surface area contributed by atoms with Gasteiger partial charge in [-0.25, -0.2) is 49.0 Å². The number of hydrogen-bond acceptors (Lipinski definition) is 18. The number of fused-ring (bicyclic) bond motifs is 3. The van der Waals surface area contributed by atoms with E-state index in [1.807, 2.05) is 83.3 Å². The molecule has 10 aromatic rings. The van der Waals surface area contributed by atoms with Crippen molar-refractivity contribution in [2.45, 2.75) is 98.1 Å². The van der Waals surface area contributed by atoms with Gasteiger partial charge in [0.25, 0.3) is 30.1 Å². The fourth-order valence-corrected chi connectivity index (χ4v) is 18.4. The summed E-state index contributed by atoms with van der Waals surface area (Å²) in [6.07, 6.45) is 14.4. The molecule has 3 fully saturated rings. The van der Waals surface area contributed by atoms with Crippen molar-refractivity contribution in [2.24, 2.45) is 5.73 Å². The van der Waals surface area contributed by atoms with Gasteiger partial charge in [0.05, 0.1) is 20.2 Å². The monoisotopic (exact) mass is 1590 g/mol. The third-order valence-corrected chi connectivity index (χ3v) is 25.3. The van der Waals surface area contributed by atoms with Crippen LogP contribution in [0.1, 0.15) is 78.1 Å². The van der Waals surface area contributed by atoms with Crippen LogP contribution in [0, 0.1) is 11.6 Å². The molecule has 4 aliphatic heterocycles. The lowest BCUT2D eigenvalue weighted by Gasteiger charge is -2.42. The summed E-state index contributed by atoms with van der Waals surface area (Å²) >= 11 is 12.2. The molecule has 0 radical (unpaired) electrons. The Balaban J connectivity index is 0.000000259. The molecule has 32 heteroatoms. The number of aromatic nitrogens is 5. The Morgan fingerprint density at radius 2 is 1.36 bits per heavy atom. The standard InChI is InChI=1S/C26H26ClN5O3S.C25H26FN5O3S2.C25H30FN5O3S2.6H2/c27-22-3-6-24-21(17-22)10-13-31(24)16-11-26(33)32-14-8-20(9-15-32)19-1-4-23(5-2-19)36(34,35)30-25-7-12-28-18-29-25;1-17-16-29(20-6-8-21(9-7-20)36(33,34)28-25-27-11-15-35-25)13-14-30(17)24(32)18(2)31-12-10-19-4-3-5-22(26)23(19)31;1-18(31-12-2-3-19-17-20(26)4-9-23(19)31)25(32)30-15-13-29(14-16-30)21-5-7-22(8-6-21)36(33,34)28-24(35)10-11-27;;;;;;/h1-7,10,12-13,17-18,20H,8-9,11,14-16H2,(H,28,29,30);3-12,15,17-18H,13-14,16H2,1-2H3,(H,27,28);4-11,17-18H,2-3,12-16,27H2,1H3,(H,28,35);6*1H/t;17-,18-;18-;;;;;;/m.11....../s1. The van der Waals surface area contributed by atoms with E-state index < -0.39 is 36.1 Å². The Hall–Kier alpha value is -10.1. The maximum Gasteiger partial charge on any atom is 0.263 e. The number of rotatable bonds is 19. The first-order valence-corrected chi connectivity index (χ1v) is 41.3. The van der Waals surface area contributed by atoms with Crippen LogP contribution in [0.4, 0.5) is 36.8 Å². The van der Waals surface area contributed by atoms with Crippen molar-refractivity contribution in [2.75, 3.05) is 89.6 Å². The van der Waals surface area contributed by atoms with E-state index in [2.05, 4.69) is 48.4 Å². The predicted molar refractivity (Wildman–Crippen MR) is 434 cm³/mol. The highest BCUT2D eigenvalue weighted by Crippen LogP contribution is 2.34. The number of nitrogens with zero attached hydrogens (tertiary/aromatic N) is 11. The highest BCUT2D eigenvalue weighted by molar-refractivity contribution is 7.93. The highest BCUT2D eigenvalue weighted by atomic mass is 35.5. The van der Waals surface area contributed by atoms with Crippen LogP contribution in [0.15, 0.2) is 209 Å². The molecule has 578 valence electrons. The zero-order chi connectivity index (χ0) is 76.4. The van der Waals surface area contributed by atoms with Gasteiger partial charge in [0, 0.05) is 162 Å². The van der Waals surface area contributed by atoms with Crippen molar-refractivity contribution in [3.8, 4) is 0 Å². The summed E-state index contributed by atoms with van der Waals surface area (Å²) in [5.41, 5.74) is 11.5. The number of amides is 3. The molecule has 3 atom stereocenters. The van der Waals surface area contributed by atoms with E-state index in [0.29, 0.717) is 93.5 Å². The SMILES string of the molecule is C[C@@H]1CN(c2ccc(S(=O)(=O)Nc3nccs3)cc2)CCN1C(=O)[C@@H](C)n1ccc2cccc(F)c21.C[C@H](C(=O)N1CCN(c2ccc(S(=O)(=O)NC(=S)C=CN)cc2)CC1)N1CCCc2cc(F)ccc21.O=C(CCn1ccc2cc(Cl)ccc21)N1CCC(c2ccc(S(=O)(=O)Nc3ccncn3)cc2)CC1.[HH].[HH].[HH].[HH].[HH].[HH]. The van der Waals surface area contributed by atoms with Crippen LogP contribution in [-0.4, -0.2) is 164 Å². The van der Waals surface area contributed by atoms with Crippen LogP contribution >= 0.6 is 35.2 Å². The predicted octanol–water partition coefficient (Wildman–Crippen LogP) is 12.9. The Morgan fingerprint density at radius 1 is 0.694 bits per heavy atom. The van der Waals surface area contributed by atoms with Gasteiger partial charge >= 0.3 is 0 Å². The average Bonchev–Trinajstić information content (AvgIpc) is 1.52. The summed E-state index contributed by atoms with van der Waals surface area (Å²) in [5.74, 6) is 0.0716. The van der Waals surface area contributed by atoms with Gasteiger partial charge < -0.3 is 44.3 Å². The molecule has 8 heterocycles. The van der Waals surface area contributed by atoms with Gasteiger partial charge in [-0.15, -0.1) is 11.3 Å². The number of piperazine rings is 2. The van der Waals surface area contributed by atoms with Gasteiger partial charge in [0.15, 0.2) is 5.13 Å². The Kier molecular flexibility index (Phi) is 24.4. The lowest BCUT2D eigenvalue weighted by molar-refractivity contribution is -0.136. The second kappa shape index (κ2) is 34.0. The summed E-state index contributed by atoms with van der Waals surface area (Å²) in [6, 6.07) is 40.1. The first-order chi connectivity index (χ1) is 51.8. The molecule has 4 aliphatic rings. The van der Waals surface area contributed by atoms with Crippen molar-refractivity contribution >= 4 is 138 Å². The number of nitrogens with one attached hydrogen (secondary N) is 3. The molecular weight excluding hydrogens is 1500 g/mol. The van der Waals surface area contributed by atoms with Gasteiger partial charge in [-0.1, -0.05) is 48.1 Å². The van der Waals surface area contributed by atoms with Gasteiger partial charge in [-0.3, -0.25) is 28.5 Å². The smallest absolute Gasteiger partial charge is 0.263 e. The number of likely N-dealkylation sites (tertiary alicyclic amines) is 1. The minimum atomic E-state index is -3.79. The number of benzene rings is 6. The molecule has 3 saturated heterocycles. The van der Waals surface area contributed by atoms with Crippen LogP contribution < -0.4 is 34.6 Å². The van der Waals surface area contributed by atoms with Crippen molar-refractivity contribution in [1.29, 1.82) is 0 Å². The highest BCUT2D eigenvalue weighted by Gasteiger charge is 2.34. The van der Waals surface area contributed by atoms with Crippen molar-refractivity contribution < 1.29 is 57.0 Å². The number of halogens is 3. The minimum absolute atomic E-state index is 0. The van der Waals surface area contributed by atoms with E-state index in [9.17, 15) is 48.4 Å². The van der Waals surface area contributed by atoms with E-state index in [4.69, 9.17) is 29.6 Å². The number of para-hydroxylation sites is 1. The molecule has 6 aromatic carbocycles. The number of thiazole rings is 1. The zero-order valence-electron chi connectivity index (χ0n) is 59.4. The van der Waals surface area contributed by atoms with Crippen molar-refractivity contribution in [1.82, 2.24) is 43.5 Å². The van der Waals surface area contributed by atoms with Crippen LogP contribution in [-0.2, 0) is 57.4 Å². The average molecular weight is 1600 g/mol. The molecular formula is C76H94ClF2N15O9S5. The molecule has 108 heavy (non-hydrogen) atoms. The van der Waals surface area contributed by atoms with Crippen LogP contribution in [0.3, 0.4) is 0 Å². The Labute approximate surface area is 649 Å². The number of aryl methyl sites for hydroxylation is 2. The van der Waals surface area contributed by atoms with E-state index in [-0.39, 0.29) is 75.5 Å². The number of nitrogens with two attached hydrogens (primary N) is 1. The summed E-state index contributed by atoms with van der Waals surface area (Å²) < 4.78 is 114. The number of piperidine rings is 1. The molecule has 3 amide bonds. The Morgan fingerprint density at radius 3 is 2.03 bits per heavy atom. The topological polar surface area (TPSA) is 284 Å². The fraction of sp³-hybridized carbons (Fsp3) is 0.303. The minimum Gasteiger partial charge on any atom is -0.405 e. The normalized spacial score (nSPS) is 16.4. The lowest BCUT2D eigenvalue weighted by Crippen LogP contribution is -2.55. The molecule has 4 aromatic heterocycles. The van der Waals surface area contributed by atoms with E-state index in [1.165, 1.54) is 72.7 Å². The fourth-order valence-electron chi connectivity index (χ4n) is 14.1. The van der Waals surface area contributed by atoms with Crippen LogP contribution in [0.2, 0.25) is 5.02 Å². The number of carbonyl (C=O) groups is 3. The van der Waals surface area contributed by atoms with Gasteiger partial charge in [0.2, 0.25) is 17.7 Å². The maximum atomic E-state index is 14.5. The molecule has 24 nitrogen and oxygen atoms in total. The first kappa shape index (κ1) is 77.6. The molecule has 0 bridgehead atoms. The quantitative estimate of drug-likeness (QED) is 0.0432. The number of anilines is 5. The largest absolute Gasteiger partial charge is 0.405 e. The molecule has 14 rings (SSSR count). The summed E-state index contributed by atoms with van der Waals surface area (Å²) in [5, 5.41) is 4.55. The molecule has 5 N–H and O–H groups in total. The van der Waals surface area contributed by atoms with Crippen LogP contribution in [0.5, 0.6) is 0 Å². The third kappa shape index (κ3) is 18.4. The number of thiocarbonyl (C=S) groups is 1. The van der Waals surface area contributed by atoms with Gasteiger partial charge in [-0.2, -0.15) is 0 Å².